The van der Waals surface area contributed by atoms with Crippen molar-refractivity contribution in [3.63, 3.8) is 0 Å². The third-order valence-electron chi connectivity index (χ3n) is 5.57. The first-order chi connectivity index (χ1) is 12.1. The SMILES string of the molecule is C=CCC1CCC(C)C(O[Si](C)(C)C(C)(C)C)C(=O)N1C(=O)OC(C)(C)C. The van der Waals surface area contributed by atoms with Crippen molar-refractivity contribution in [2.75, 3.05) is 0 Å². The minimum atomic E-state index is -2.17. The highest BCUT2D eigenvalue weighted by atomic mass is 28.4. The first-order valence-electron chi connectivity index (χ1n) is 9.95. The summed E-state index contributed by atoms with van der Waals surface area (Å²) in [6.07, 6.45) is 2.67. The van der Waals surface area contributed by atoms with E-state index in [1.54, 1.807) is 6.08 Å². The first-order valence-corrected chi connectivity index (χ1v) is 12.9. The maximum atomic E-state index is 13.5. The van der Waals surface area contributed by atoms with E-state index in [0.29, 0.717) is 6.42 Å². The van der Waals surface area contributed by atoms with Crippen molar-refractivity contribution < 1.29 is 18.8 Å². The van der Waals surface area contributed by atoms with Crippen molar-refractivity contribution in [1.82, 2.24) is 4.90 Å². The lowest BCUT2D eigenvalue weighted by Crippen LogP contribution is -2.54. The predicted octanol–water partition coefficient (Wildman–Crippen LogP) is 5.52. The van der Waals surface area contributed by atoms with Gasteiger partial charge in [-0.25, -0.2) is 9.69 Å². The van der Waals surface area contributed by atoms with E-state index in [2.05, 4.69) is 40.4 Å². The standard InChI is InChI=1S/C21H39NO4Si/c1-11-12-16-14-13-15(2)17(26-27(9,10)21(6,7)8)18(23)22(16)19(24)25-20(3,4)5/h11,15-17H,1,12-14H2,2-10H3. The molecule has 1 saturated heterocycles. The number of hydrogen-bond acceptors (Lipinski definition) is 4. The van der Waals surface area contributed by atoms with Gasteiger partial charge in [0.2, 0.25) is 0 Å². The lowest BCUT2D eigenvalue weighted by atomic mass is 9.98. The summed E-state index contributed by atoms with van der Waals surface area (Å²) in [4.78, 5) is 27.6. The van der Waals surface area contributed by atoms with E-state index in [1.807, 2.05) is 27.7 Å². The zero-order valence-corrected chi connectivity index (χ0v) is 19.7. The van der Waals surface area contributed by atoms with Crippen LogP contribution in [0, 0.1) is 5.92 Å². The van der Waals surface area contributed by atoms with E-state index in [4.69, 9.17) is 9.16 Å². The second-order valence-corrected chi connectivity index (χ2v) is 15.0. The molecule has 0 aromatic carbocycles. The molecule has 0 spiro atoms. The van der Waals surface area contributed by atoms with Gasteiger partial charge in [0.15, 0.2) is 8.32 Å². The molecule has 6 heteroatoms. The van der Waals surface area contributed by atoms with Crippen LogP contribution in [0.25, 0.3) is 0 Å². The van der Waals surface area contributed by atoms with Crippen LogP contribution in [0.15, 0.2) is 12.7 Å². The van der Waals surface area contributed by atoms with Crippen molar-refractivity contribution in [3.8, 4) is 0 Å². The lowest BCUT2D eigenvalue weighted by molar-refractivity contribution is -0.141. The van der Waals surface area contributed by atoms with Crippen LogP contribution in [0.4, 0.5) is 4.79 Å². The van der Waals surface area contributed by atoms with Gasteiger partial charge in [-0.15, -0.1) is 6.58 Å². The van der Waals surface area contributed by atoms with Gasteiger partial charge in [0, 0.05) is 6.04 Å². The van der Waals surface area contributed by atoms with Gasteiger partial charge >= 0.3 is 6.09 Å². The molecule has 2 amide bonds. The van der Waals surface area contributed by atoms with E-state index < -0.39 is 26.1 Å². The normalized spacial score (nSPS) is 25.1. The molecule has 0 aromatic rings. The second kappa shape index (κ2) is 8.48. The molecule has 0 radical (unpaired) electrons. The average molecular weight is 398 g/mol. The Bertz CT molecular complexity index is 560. The summed E-state index contributed by atoms with van der Waals surface area (Å²) in [7, 11) is -2.17. The minimum absolute atomic E-state index is 0.0173. The summed E-state index contributed by atoms with van der Waals surface area (Å²) in [5.41, 5.74) is -0.663. The van der Waals surface area contributed by atoms with Crippen LogP contribution in [0.5, 0.6) is 0 Å². The highest BCUT2D eigenvalue weighted by Crippen LogP contribution is 2.39. The van der Waals surface area contributed by atoms with Crippen molar-refractivity contribution >= 4 is 20.3 Å². The molecule has 3 unspecified atom stereocenters. The molecule has 1 aliphatic rings. The smallest absolute Gasteiger partial charge is 0.417 e. The fourth-order valence-corrected chi connectivity index (χ4v) is 4.24. The molecule has 3 atom stereocenters. The van der Waals surface area contributed by atoms with Crippen LogP contribution in [-0.4, -0.2) is 43.0 Å². The van der Waals surface area contributed by atoms with Crippen molar-refractivity contribution in [3.05, 3.63) is 12.7 Å². The molecule has 1 fully saturated rings. The molecule has 1 heterocycles. The quantitative estimate of drug-likeness (QED) is 0.463. The molecule has 0 aromatic heterocycles. The minimum Gasteiger partial charge on any atom is -0.443 e. The van der Waals surface area contributed by atoms with Crippen LogP contribution in [0.2, 0.25) is 18.1 Å². The third-order valence-corrected chi connectivity index (χ3v) is 10.0. The van der Waals surface area contributed by atoms with E-state index in [0.717, 1.165) is 12.8 Å². The van der Waals surface area contributed by atoms with E-state index in [-0.39, 0.29) is 22.9 Å². The van der Waals surface area contributed by atoms with E-state index >= 15 is 0 Å². The molecule has 0 N–H and O–H groups in total. The molecule has 5 nitrogen and oxygen atoms in total. The summed E-state index contributed by atoms with van der Waals surface area (Å²) in [6.45, 7) is 22.0. The number of hydrogen-bond donors (Lipinski definition) is 0. The maximum Gasteiger partial charge on any atom is 0.417 e. The Balaban J connectivity index is 3.25. The van der Waals surface area contributed by atoms with Crippen LogP contribution in [0.3, 0.4) is 0 Å². The largest absolute Gasteiger partial charge is 0.443 e. The Labute approximate surface area is 166 Å². The third kappa shape index (κ3) is 6.18. The molecule has 0 bridgehead atoms. The Hall–Kier alpha value is -1.14. The molecule has 1 aliphatic heterocycles. The Morgan fingerprint density at radius 2 is 1.78 bits per heavy atom. The number of likely N-dealkylation sites (tertiary alicyclic amines) is 1. The Morgan fingerprint density at radius 1 is 1.22 bits per heavy atom. The van der Waals surface area contributed by atoms with Gasteiger partial charge in [-0.1, -0.05) is 33.8 Å². The van der Waals surface area contributed by atoms with Gasteiger partial charge in [-0.2, -0.15) is 0 Å². The summed E-state index contributed by atoms with van der Waals surface area (Å²) in [6, 6.07) is -0.236. The maximum absolute atomic E-state index is 13.5. The zero-order chi connectivity index (χ0) is 21.2. The molecular formula is C21H39NO4Si. The van der Waals surface area contributed by atoms with Crippen molar-refractivity contribution in [2.24, 2.45) is 5.92 Å². The zero-order valence-electron chi connectivity index (χ0n) is 18.7. The Morgan fingerprint density at radius 3 is 2.22 bits per heavy atom. The van der Waals surface area contributed by atoms with Crippen LogP contribution >= 0.6 is 0 Å². The van der Waals surface area contributed by atoms with E-state index in [1.165, 1.54) is 4.90 Å². The highest BCUT2D eigenvalue weighted by Gasteiger charge is 2.47. The van der Waals surface area contributed by atoms with Gasteiger partial charge in [-0.05, 0) is 64.1 Å². The second-order valence-electron chi connectivity index (χ2n) is 10.2. The van der Waals surface area contributed by atoms with Crippen molar-refractivity contribution in [2.45, 2.75) is 104 Å². The van der Waals surface area contributed by atoms with Gasteiger partial charge in [0.25, 0.3) is 5.91 Å². The molecule has 0 saturated carbocycles. The fraction of sp³-hybridized carbons (Fsp3) is 0.810. The summed E-state index contributed by atoms with van der Waals surface area (Å²) < 4.78 is 12.0. The van der Waals surface area contributed by atoms with Crippen LogP contribution in [0.1, 0.15) is 67.7 Å². The number of ether oxygens (including phenoxy) is 1. The van der Waals surface area contributed by atoms with E-state index in [9.17, 15) is 9.59 Å². The Kier molecular flexibility index (Phi) is 7.50. The number of carbonyl (C=O) groups is 2. The fourth-order valence-electron chi connectivity index (χ4n) is 2.92. The van der Waals surface area contributed by atoms with Crippen molar-refractivity contribution in [1.29, 1.82) is 0 Å². The van der Waals surface area contributed by atoms with Gasteiger partial charge in [0.1, 0.15) is 11.7 Å². The number of nitrogens with zero attached hydrogens (tertiary/aromatic N) is 1. The van der Waals surface area contributed by atoms with Gasteiger partial charge < -0.3 is 9.16 Å². The molecule has 1 rings (SSSR count). The summed E-state index contributed by atoms with van der Waals surface area (Å²) in [5, 5.41) is -0.0173. The highest BCUT2D eigenvalue weighted by molar-refractivity contribution is 6.74. The van der Waals surface area contributed by atoms with Gasteiger partial charge in [-0.3, -0.25) is 4.79 Å². The number of carbonyl (C=O) groups excluding carboxylic acids is 2. The van der Waals surface area contributed by atoms with Crippen LogP contribution < -0.4 is 0 Å². The number of amides is 2. The van der Waals surface area contributed by atoms with Gasteiger partial charge in [0.05, 0.1) is 0 Å². The number of rotatable bonds is 4. The first kappa shape index (κ1) is 23.9. The molecule has 156 valence electrons. The number of imide groups is 1. The predicted molar refractivity (Wildman–Crippen MR) is 112 cm³/mol. The topological polar surface area (TPSA) is 55.8 Å². The lowest BCUT2D eigenvalue weighted by Gasteiger charge is -2.40. The molecule has 27 heavy (non-hydrogen) atoms. The molecule has 0 aliphatic carbocycles. The summed E-state index contributed by atoms with van der Waals surface area (Å²) in [5.74, 6) is -0.225. The summed E-state index contributed by atoms with van der Waals surface area (Å²) >= 11 is 0. The average Bonchev–Trinajstić information content (AvgIpc) is 2.56. The van der Waals surface area contributed by atoms with Crippen LogP contribution in [-0.2, 0) is 14.0 Å². The monoisotopic (exact) mass is 397 g/mol. The molecular weight excluding hydrogens is 358 g/mol.